The first-order chi connectivity index (χ1) is 10.8. The maximum atomic E-state index is 5.93. The lowest BCUT2D eigenvalue weighted by molar-refractivity contribution is 0.322. The lowest BCUT2D eigenvalue weighted by atomic mass is 10.0. The van der Waals surface area contributed by atoms with E-state index in [1.54, 1.807) is 0 Å². The average Bonchev–Trinajstić information content (AvgIpc) is 2.56. The van der Waals surface area contributed by atoms with E-state index in [-0.39, 0.29) is 0 Å². The summed E-state index contributed by atoms with van der Waals surface area (Å²) in [6.45, 7) is 4.83. The Morgan fingerprint density at radius 2 is 1.95 bits per heavy atom. The molecule has 0 radical (unpaired) electrons. The van der Waals surface area contributed by atoms with E-state index in [4.69, 9.17) is 10.5 Å². The minimum atomic E-state index is 0.694. The van der Waals surface area contributed by atoms with Crippen LogP contribution in [0, 0.1) is 0 Å². The quantitative estimate of drug-likeness (QED) is 0.856. The number of anilines is 2. The molecule has 0 saturated heterocycles. The molecule has 0 atom stereocenters. The number of nitrogens with two attached hydrogens (primary N) is 1. The highest BCUT2D eigenvalue weighted by molar-refractivity contribution is 5.62. The molecule has 1 aliphatic rings. The molecule has 3 nitrogen and oxygen atoms in total. The highest BCUT2D eigenvalue weighted by atomic mass is 16.5. The van der Waals surface area contributed by atoms with E-state index in [1.165, 1.54) is 23.2 Å². The molecule has 22 heavy (non-hydrogen) atoms. The lowest BCUT2D eigenvalue weighted by Crippen LogP contribution is -2.33. The second kappa shape index (κ2) is 6.73. The zero-order valence-electron chi connectivity index (χ0n) is 13.2. The molecule has 2 aromatic carbocycles. The predicted octanol–water partition coefficient (Wildman–Crippen LogP) is 3.66. The molecule has 1 heterocycles. The summed E-state index contributed by atoms with van der Waals surface area (Å²) < 4.78 is 5.88. The number of aryl methyl sites for hydroxylation is 2. The van der Waals surface area contributed by atoms with Crippen LogP contribution in [-0.2, 0) is 12.8 Å². The number of hydrogen-bond donors (Lipinski definition) is 1. The van der Waals surface area contributed by atoms with E-state index in [9.17, 15) is 0 Å². The van der Waals surface area contributed by atoms with Crippen molar-refractivity contribution in [3.63, 3.8) is 0 Å². The van der Waals surface area contributed by atoms with Crippen molar-refractivity contribution in [1.29, 1.82) is 0 Å². The van der Waals surface area contributed by atoms with Crippen molar-refractivity contribution in [1.82, 2.24) is 0 Å². The first kappa shape index (κ1) is 14.8. The average molecular weight is 296 g/mol. The van der Waals surface area contributed by atoms with Crippen molar-refractivity contribution < 1.29 is 4.74 Å². The van der Waals surface area contributed by atoms with Crippen LogP contribution in [0.1, 0.15) is 24.5 Å². The summed E-state index contributed by atoms with van der Waals surface area (Å²) >= 11 is 0. The number of benzene rings is 2. The van der Waals surface area contributed by atoms with E-state index in [0.717, 1.165) is 37.4 Å². The van der Waals surface area contributed by atoms with Gasteiger partial charge in [0.25, 0.3) is 0 Å². The van der Waals surface area contributed by atoms with Crippen LogP contribution in [0.3, 0.4) is 0 Å². The molecule has 0 unspecified atom stereocenters. The van der Waals surface area contributed by atoms with Gasteiger partial charge in [-0.1, -0.05) is 25.1 Å². The Bertz CT molecular complexity index is 622. The number of ether oxygens (including phenoxy) is 1. The van der Waals surface area contributed by atoms with Gasteiger partial charge in [-0.15, -0.1) is 0 Å². The first-order valence-corrected chi connectivity index (χ1v) is 8.11. The molecule has 0 fully saturated rings. The van der Waals surface area contributed by atoms with Crippen molar-refractivity contribution in [2.24, 2.45) is 0 Å². The van der Waals surface area contributed by atoms with Crippen molar-refractivity contribution >= 4 is 11.4 Å². The maximum Gasteiger partial charge on any atom is 0.119 e. The van der Waals surface area contributed by atoms with Crippen molar-refractivity contribution in [2.45, 2.75) is 26.2 Å². The van der Waals surface area contributed by atoms with Crippen LogP contribution in [-0.4, -0.2) is 19.7 Å². The van der Waals surface area contributed by atoms with Gasteiger partial charge in [-0.25, -0.2) is 0 Å². The van der Waals surface area contributed by atoms with Gasteiger partial charge < -0.3 is 15.4 Å². The third-order valence-electron chi connectivity index (χ3n) is 4.29. The minimum Gasteiger partial charge on any atom is -0.492 e. The van der Waals surface area contributed by atoms with Crippen LogP contribution in [0.15, 0.2) is 42.5 Å². The van der Waals surface area contributed by atoms with Gasteiger partial charge in [0.15, 0.2) is 0 Å². The van der Waals surface area contributed by atoms with Crippen LogP contribution in [0.2, 0.25) is 0 Å². The van der Waals surface area contributed by atoms with Gasteiger partial charge in [0.1, 0.15) is 12.4 Å². The molecule has 2 N–H and O–H groups in total. The molecule has 0 aromatic heterocycles. The fourth-order valence-corrected chi connectivity index (χ4v) is 2.99. The lowest BCUT2D eigenvalue weighted by Gasteiger charge is -2.31. The topological polar surface area (TPSA) is 38.5 Å². The Labute approximate surface area is 132 Å². The highest BCUT2D eigenvalue weighted by Gasteiger charge is 2.16. The first-order valence-electron chi connectivity index (χ1n) is 8.11. The fourth-order valence-electron chi connectivity index (χ4n) is 2.99. The Morgan fingerprint density at radius 3 is 2.73 bits per heavy atom. The van der Waals surface area contributed by atoms with Gasteiger partial charge in [0, 0.05) is 17.9 Å². The molecular formula is C19H24N2O. The predicted molar refractivity (Wildman–Crippen MR) is 92.7 cm³/mol. The largest absolute Gasteiger partial charge is 0.492 e. The Balaban J connectivity index is 1.59. The Hall–Kier alpha value is -2.16. The Morgan fingerprint density at radius 1 is 1.14 bits per heavy atom. The molecule has 3 rings (SSSR count). The molecule has 3 heteroatoms. The van der Waals surface area contributed by atoms with Gasteiger partial charge in [0.05, 0.1) is 6.54 Å². The van der Waals surface area contributed by atoms with E-state index in [2.05, 4.69) is 48.2 Å². The number of hydrogen-bond acceptors (Lipinski definition) is 3. The second-order valence-electron chi connectivity index (χ2n) is 5.82. The second-order valence-corrected chi connectivity index (χ2v) is 5.82. The van der Waals surface area contributed by atoms with E-state index in [0.29, 0.717) is 6.61 Å². The van der Waals surface area contributed by atoms with Gasteiger partial charge in [-0.3, -0.25) is 0 Å². The van der Waals surface area contributed by atoms with Crippen molar-refractivity contribution in [3.05, 3.63) is 53.6 Å². The SMILES string of the molecule is CCc1ccc(OCCN2CCCc3ccc(N)cc32)cc1. The molecule has 0 aliphatic carbocycles. The number of rotatable bonds is 5. The van der Waals surface area contributed by atoms with Gasteiger partial charge in [-0.05, 0) is 54.7 Å². The molecule has 0 amide bonds. The van der Waals surface area contributed by atoms with Crippen LogP contribution in [0.5, 0.6) is 5.75 Å². The van der Waals surface area contributed by atoms with Crippen molar-refractivity contribution in [2.75, 3.05) is 30.3 Å². The number of nitrogens with zero attached hydrogens (tertiary/aromatic N) is 1. The summed E-state index contributed by atoms with van der Waals surface area (Å²) in [4.78, 5) is 2.38. The molecular weight excluding hydrogens is 272 g/mol. The third kappa shape index (κ3) is 3.35. The summed E-state index contributed by atoms with van der Waals surface area (Å²) in [5.41, 5.74) is 10.8. The van der Waals surface area contributed by atoms with E-state index in [1.807, 2.05) is 6.07 Å². The number of fused-ring (bicyclic) bond motifs is 1. The summed E-state index contributed by atoms with van der Waals surface area (Å²) in [5, 5.41) is 0. The van der Waals surface area contributed by atoms with Crippen LogP contribution < -0.4 is 15.4 Å². The number of nitrogen functional groups attached to an aromatic ring is 1. The van der Waals surface area contributed by atoms with Crippen LogP contribution >= 0.6 is 0 Å². The summed E-state index contributed by atoms with van der Waals surface area (Å²) in [6.07, 6.45) is 3.40. The summed E-state index contributed by atoms with van der Waals surface area (Å²) in [7, 11) is 0. The summed E-state index contributed by atoms with van der Waals surface area (Å²) in [6, 6.07) is 14.6. The molecule has 0 saturated carbocycles. The molecule has 2 aromatic rings. The monoisotopic (exact) mass is 296 g/mol. The van der Waals surface area contributed by atoms with E-state index >= 15 is 0 Å². The Kier molecular flexibility index (Phi) is 4.52. The summed E-state index contributed by atoms with van der Waals surface area (Å²) in [5.74, 6) is 0.946. The molecule has 0 spiro atoms. The van der Waals surface area contributed by atoms with Gasteiger partial charge in [-0.2, -0.15) is 0 Å². The molecule has 116 valence electrons. The van der Waals surface area contributed by atoms with Crippen molar-refractivity contribution in [3.8, 4) is 5.75 Å². The smallest absolute Gasteiger partial charge is 0.119 e. The minimum absolute atomic E-state index is 0.694. The normalized spacial score (nSPS) is 13.8. The zero-order valence-corrected chi connectivity index (χ0v) is 13.2. The standard InChI is InChI=1S/C19H24N2O/c1-2-15-5-9-18(10-6-15)22-13-12-21-11-3-4-16-7-8-17(20)14-19(16)21/h5-10,14H,2-4,11-13,20H2,1H3. The highest BCUT2D eigenvalue weighted by Crippen LogP contribution is 2.28. The van der Waals surface area contributed by atoms with Gasteiger partial charge in [0.2, 0.25) is 0 Å². The molecule has 1 aliphatic heterocycles. The fraction of sp³-hybridized carbons (Fsp3) is 0.368. The zero-order chi connectivity index (χ0) is 15.4. The third-order valence-corrected chi connectivity index (χ3v) is 4.29. The van der Waals surface area contributed by atoms with Gasteiger partial charge >= 0.3 is 0 Å². The maximum absolute atomic E-state index is 5.93. The molecule has 0 bridgehead atoms. The van der Waals surface area contributed by atoms with E-state index < -0.39 is 0 Å². The van der Waals surface area contributed by atoms with Crippen LogP contribution in [0.25, 0.3) is 0 Å². The van der Waals surface area contributed by atoms with Crippen LogP contribution in [0.4, 0.5) is 11.4 Å².